The molecule has 4 nitrogen and oxygen atoms in total. The number of rotatable bonds is 9. The first kappa shape index (κ1) is 16.5. The van der Waals surface area contributed by atoms with E-state index in [4.69, 9.17) is 10.5 Å². The fourth-order valence-electron chi connectivity index (χ4n) is 2.19. The zero-order valence-electron chi connectivity index (χ0n) is 12.5. The highest BCUT2D eigenvalue weighted by Gasteiger charge is 2.11. The van der Waals surface area contributed by atoms with Gasteiger partial charge in [0.15, 0.2) is 0 Å². The summed E-state index contributed by atoms with van der Waals surface area (Å²) in [6.45, 7) is 5.34. The maximum atomic E-state index is 12.0. The minimum atomic E-state index is 0.0348. The second kappa shape index (κ2) is 9.37. The molecule has 1 rings (SSSR count). The quantitative estimate of drug-likeness (QED) is 0.729. The lowest BCUT2D eigenvalue weighted by molar-refractivity contribution is -0.116. The summed E-state index contributed by atoms with van der Waals surface area (Å²) in [5, 5.41) is 2.92. The smallest absolute Gasteiger partial charge is 0.224 e. The number of hydrogen-bond donors (Lipinski definition) is 2. The summed E-state index contributed by atoms with van der Waals surface area (Å²) < 4.78 is 5.49. The van der Waals surface area contributed by atoms with Crippen molar-refractivity contribution in [3.8, 4) is 5.75 Å². The monoisotopic (exact) mass is 278 g/mol. The van der Waals surface area contributed by atoms with Crippen LogP contribution in [-0.2, 0) is 4.79 Å². The molecule has 0 aliphatic heterocycles. The Labute approximate surface area is 121 Å². The van der Waals surface area contributed by atoms with Gasteiger partial charge in [-0.25, -0.2) is 0 Å². The predicted molar refractivity (Wildman–Crippen MR) is 82.9 cm³/mol. The Morgan fingerprint density at radius 1 is 1.30 bits per heavy atom. The molecule has 20 heavy (non-hydrogen) atoms. The van der Waals surface area contributed by atoms with Crippen molar-refractivity contribution in [2.45, 2.75) is 39.5 Å². The standard InChI is InChI=1S/C16H26N2O2/c1-3-13(11-12-17)9-10-16(19)18-14-7-5-6-8-15(14)20-4-2/h5-8,13H,3-4,9-12,17H2,1-2H3,(H,18,19). The molecule has 1 aromatic carbocycles. The molecule has 0 bridgehead atoms. The molecule has 0 radical (unpaired) electrons. The van der Waals surface area contributed by atoms with E-state index in [9.17, 15) is 4.79 Å². The second-order valence-electron chi connectivity index (χ2n) is 4.87. The second-order valence-corrected chi connectivity index (χ2v) is 4.87. The Kier molecular flexibility index (Phi) is 7.73. The number of nitrogens with two attached hydrogens (primary N) is 1. The fourth-order valence-corrected chi connectivity index (χ4v) is 2.19. The first-order valence-electron chi connectivity index (χ1n) is 7.43. The number of carbonyl (C=O) groups excluding carboxylic acids is 1. The van der Waals surface area contributed by atoms with Crippen LogP contribution in [0.25, 0.3) is 0 Å². The van der Waals surface area contributed by atoms with Crippen LogP contribution < -0.4 is 15.8 Å². The average Bonchev–Trinajstić information content (AvgIpc) is 2.46. The minimum Gasteiger partial charge on any atom is -0.492 e. The molecule has 1 aromatic rings. The third kappa shape index (κ3) is 5.61. The van der Waals surface area contributed by atoms with Crippen molar-refractivity contribution in [2.24, 2.45) is 11.7 Å². The van der Waals surface area contributed by atoms with Crippen LogP contribution in [0.4, 0.5) is 5.69 Å². The highest BCUT2D eigenvalue weighted by Crippen LogP contribution is 2.24. The maximum Gasteiger partial charge on any atom is 0.224 e. The van der Waals surface area contributed by atoms with Gasteiger partial charge >= 0.3 is 0 Å². The molecule has 1 atom stereocenters. The van der Waals surface area contributed by atoms with E-state index in [0.717, 1.165) is 30.7 Å². The molecular weight excluding hydrogens is 252 g/mol. The van der Waals surface area contributed by atoms with Gasteiger partial charge in [-0.3, -0.25) is 4.79 Å². The molecule has 1 unspecified atom stereocenters. The lowest BCUT2D eigenvalue weighted by Gasteiger charge is -2.14. The van der Waals surface area contributed by atoms with Crippen LogP contribution in [0.3, 0.4) is 0 Å². The zero-order valence-corrected chi connectivity index (χ0v) is 12.5. The SMILES string of the molecule is CCOc1ccccc1NC(=O)CCC(CC)CCN. The summed E-state index contributed by atoms with van der Waals surface area (Å²) in [5.41, 5.74) is 6.31. The number of ether oxygens (including phenoxy) is 1. The molecule has 0 fully saturated rings. The highest BCUT2D eigenvalue weighted by molar-refractivity contribution is 5.92. The van der Waals surface area contributed by atoms with E-state index in [1.165, 1.54) is 0 Å². The zero-order chi connectivity index (χ0) is 14.8. The van der Waals surface area contributed by atoms with E-state index in [0.29, 0.717) is 25.5 Å². The Bertz CT molecular complexity index is 407. The summed E-state index contributed by atoms with van der Waals surface area (Å²) in [6.07, 6.45) is 3.47. The number of hydrogen-bond acceptors (Lipinski definition) is 3. The lowest BCUT2D eigenvalue weighted by Crippen LogP contribution is -2.15. The van der Waals surface area contributed by atoms with Gasteiger partial charge in [0.2, 0.25) is 5.91 Å². The van der Waals surface area contributed by atoms with E-state index in [1.54, 1.807) is 0 Å². The van der Waals surface area contributed by atoms with Crippen LogP contribution in [0.2, 0.25) is 0 Å². The van der Waals surface area contributed by atoms with Gasteiger partial charge in [-0.15, -0.1) is 0 Å². The number of nitrogens with one attached hydrogen (secondary N) is 1. The first-order chi connectivity index (χ1) is 9.71. The molecular formula is C16H26N2O2. The Hall–Kier alpha value is -1.55. The maximum absolute atomic E-state index is 12.0. The molecule has 0 aliphatic carbocycles. The number of carbonyl (C=O) groups is 1. The molecule has 0 aromatic heterocycles. The molecule has 3 N–H and O–H groups in total. The van der Waals surface area contributed by atoms with Crippen molar-refractivity contribution in [3.05, 3.63) is 24.3 Å². The van der Waals surface area contributed by atoms with E-state index in [2.05, 4.69) is 12.2 Å². The number of anilines is 1. The number of benzene rings is 1. The van der Waals surface area contributed by atoms with Gasteiger partial charge in [-0.05, 0) is 44.4 Å². The van der Waals surface area contributed by atoms with Crippen molar-refractivity contribution >= 4 is 11.6 Å². The van der Waals surface area contributed by atoms with Crippen LogP contribution in [-0.4, -0.2) is 19.1 Å². The molecule has 0 spiro atoms. The summed E-state index contributed by atoms with van der Waals surface area (Å²) in [7, 11) is 0. The van der Waals surface area contributed by atoms with E-state index >= 15 is 0 Å². The van der Waals surface area contributed by atoms with Gasteiger partial charge < -0.3 is 15.8 Å². The van der Waals surface area contributed by atoms with Gasteiger partial charge in [0.25, 0.3) is 0 Å². The van der Waals surface area contributed by atoms with Crippen molar-refractivity contribution in [2.75, 3.05) is 18.5 Å². The first-order valence-corrected chi connectivity index (χ1v) is 7.43. The summed E-state index contributed by atoms with van der Waals surface area (Å²) >= 11 is 0. The Morgan fingerprint density at radius 2 is 2.05 bits per heavy atom. The normalized spacial score (nSPS) is 11.9. The number of para-hydroxylation sites is 2. The topological polar surface area (TPSA) is 64.3 Å². The molecule has 0 saturated heterocycles. The van der Waals surface area contributed by atoms with Gasteiger partial charge in [0.05, 0.1) is 12.3 Å². The van der Waals surface area contributed by atoms with Gasteiger partial charge in [-0.1, -0.05) is 25.5 Å². The Balaban J connectivity index is 2.49. The largest absolute Gasteiger partial charge is 0.492 e. The summed E-state index contributed by atoms with van der Waals surface area (Å²) in [5.74, 6) is 1.29. The van der Waals surface area contributed by atoms with Crippen LogP contribution in [0.15, 0.2) is 24.3 Å². The van der Waals surface area contributed by atoms with E-state index in [-0.39, 0.29) is 5.91 Å². The fraction of sp³-hybridized carbons (Fsp3) is 0.562. The molecule has 1 amide bonds. The van der Waals surface area contributed by atoms with Gasteiger partial charge in [0, 0.05) is 6.42 Å². The third-order valence-corrected chi connectivity index (χ3v) is 3.39. The molecule has 0 aliphatic rings. The van der Waals surface area contributed by atoms with Crippen LogP contribution >= 0.6 is 0 Å². The average molecular weight is 278 g/mol. The lowest BCUT2D eigenvalue weighted by atomic mass is 9.96. The van der Waals surface area contributed by atoms with E-state index in [1.807, 2.05) is 31.2 Å². The molecule has 4 heteroatoms. The van der Waals surface area contributed by atoms with Crippen LogP contribution in [0.5, 0.6) is 5.75 Å². The Morgan fingerprint density at radius 3 is 2.70 bits per heavy atom. The van der Waals surface area contributed by atoms with E-state index < -0.39 is 0 Å². The minimum absolute atomic E-state index is 0.0348. The highest BCUT2D eigenvalue weighted by atomic mass is 16.5. The number of amides is 1. The molecule has 0 heterocycles. The summed E-state index contributed by atoms with van der Waals surface area (Å²) in [4.78, 5) is 12.0. The van der Waals surface area contributed by atoms with Crippen molar-refractivity contribution < 1.29 is 9.53 Å². The van der Waals surface area contributed by atoms with Crippen molar-refractivity contribution in [1.82, 2.24) is 0 Å². The molecule has 0 saturated carbocycles. The van der Waals surface area contributed by atoms with Crippen molar-refractivity contribution in [1.29, 1.82) is 0 Å². The third-order valence-electron chi connectivity index (χ3n) is 3.39. The predicted octanol–water partition coefficient (Wildman–Crippen LogP) is 3.18. The van der Waals surface area contributed by atoms with Crippen molar-refractivity contribution in [3.63, 3.8) is 0 Å². The van der Waals surface area contributed by atoms with Crippen LogP contribution in [0.1, 0.15) is 39.5 Å². The summed E-state index contributed by atoms with van der Waals surface area (Å²) in [6, 6.07) is 7.51. The van der Waals surface area contributed by atoms with Gasteiger partial charge in [-0.2, -0.15) is 0 Å². The van der Waals surface area contributed by atoms with Crippen LogP contribution in [0, 0.1) is 5.92 Å². The van der Waals surface area contributed by atoms with Gasteiger partial charge in [0.1, 0.15) is 5.75 Å². The molecule has 112 valence electrons.